The van der Waals surface area contributed by atoms with Gasteiger partial charge in [-0.3, -0.25) is 4.79 Å². The molecule has 1 unspecified atom stereocenters. The summed E-state index contributed by atoms with van der Waals surface area (Å²) in [6, 6.07) is 0. The SMILES string of the molecule is CCOC(C)CNC(=O)[C@@H]1CC[C@H](C(=O)O)O1. The Balaban J connectivity index is 2.27. The first-order valence-electron chi connectivity index (χ1n) is 5.82. The molecular weight excluding hydrogens is 226 g/mol. The highest BCUT2D eigenvalue weighted by Crippen LogP contribution is 2.19. The van der Waals surface area contributed by atoms with Crippen LogP contribution in [0.1, 0.15) is 26.7 Å². The van der Waals surface area contributed by atoms with Gasteiger partial charge in [0.1, 0.15) is 6.10 Å². The zero-order valence-corrected chi connectivity index (χ0v) is 10.1. The molecule has 1 rings (SSSR count). The zero-order chi connectivity index (χ0) is 12.8. The highest BCUT2D eigenvalue weighted by Gasteiger charge is 2.34. The second-order valence-electron chi connectivity index (χ2n) is 4.04. The average molecular weight is 245 g/mol. The van der Waals surface area contributed by atoms with Crippen molar-refractivity contribution < 1.29 is 24.2 Å². The van der Waals surface area contributed by atoms with Gasteiger partial charge in [0.05, 0.1) is 6.10 Å². The summed E-state index contributed by atoms with van der Waals surface area (Å²) >= 11 is 0. The molecule has 1 aliphatic heterocycles. The highest BCUT2D eigenvalue weighted by molar-refractivity contribution is 5.82. The lowest BCUT2D eigenvalue weighted by Crippen LogP contribution is -2.39. The third kappa shape index (κ3) is 4.32. The van der Waals surface area contributed by atoms with E-state index in [-0.39, 0.29) is 12.0 Å². The minimum Gasteiger partial charge on any atom is -0.479 e. The predicted molar refractivity (Wildman–Crippen MR) is 59.6 cm³/mol. The Kier molecular flexibility index (Phi) is 5.37. The summed E-state index contributed by atoms with van der Waals surface area (Å²) in [5.74, 6) is -1.27. The Morgan fingerprint density at radius 3 is 2.65 bits per heavy atom. The molecule has 0 saturated carbocycles. The molecule has 0 aliphatic carbocycles. The average Bonchev–Trinajstić information content (AvgIpc) is 2.75. The highest BCUT2D eigenvalue weighted by atomic mass is 16.5. The number of carboxylic acids is 1. The van der Waals surface area contributed by atoms with E-state index < -0.39 is 18.2 Å². The Labute approximate surface area is 100 Å². The van der Waals surface area contributed by atoms with Crippen molar-refractivity contribution in [3.8, 4) is 0 Å². The van der Waals surface area contributed by atoms with E-state index in [1.807, 2.05) is 13.8 Å². The van der Waals surface area contributed by atoms with E-state index in [0.717, 1.165) is 0 Å². The molecule has 0 radical (unpaired) electrons. The molecule has 1 saturated heterocycles. The first-order valence-corrected chi connectivity index (χ1v) is 5.82. The molecule has 1 aliphatic rings. The van der Waals surface area contributed by atoms with E-state index in [0.29, 0.717) is 26.0 Å². The summed E-state index contributed by atoms with van der Waals surface area (Å²) in [7, 11) is 0. The predicted octanol–water partition coefficient (Wildman–Crippen LogP) is 0.160. The van der Waals surface area contributed by atoms with Crippen LogP contribution in [0.4, 0.5) is 0 Å². The fourth-order valence-corrected chi connectivity index (χ4v) is 1.71. The number of nitrogens with one attached hydrogen (secondary N) is 1. The molecule has 1 fully saturated rings. The fourth-order valence-electron chi connectivity index (χ4n) is 1.71. The molecule has 6 nitrogen and oxygen atoms in total. The Morgan fingerprint density at radius 2 is 2.12 bits per heavy atom. The number of hydrogen-bond donors (Lipinski definition) is 2. The van der Waals surface area contributed by atoms with Crippen molar-refractivity contribution in [3.05, 3.63) is 0 Å². The van der Waals surface area contributed by atoms with Gasteiger partial charge in [-0.25, -0.2) is 4.79 Å². The van der Waals surface area contributed by atoms with Crippen LogP contribution in [0.25, 0.3) is 0 Å². The lowest BCUT2D eigenvalue weighted by molar-refractivity contribution is -0.151. The largest absolute Gasteiger partial charge is 0.479 e. The van der Waals surface area contributed by atoms with Crippen LogP contribution in [-0.4, -0.2) is 48.4 Å². The molecule has 2 N–H and O–H groups in total. The summed E-state index contributed by atoms with van der Waals surface area (Å²) in [6.45, 7) is 4.75. The van der Waals surface area contributed by atoms with Crippen molar-refractivity contribution in [2.75, 3.05) is 13.2 Å². The van der Waals surface area contributed by atoms with E-state index >= 15 is 0 Å². The van der Waals surface area contributed by atoms with Gasteiger partial charge in [0.2, 0.25) is 5.91 Å². The summed E-state index contributed by atoms with van der Waals surface area (Å²) in [4.78, 5) is 22.3. The van der Waals surface area contributed by atoms with Gasteiger partial charge in [-0.1, -0.05) is 0 Å². The summed E-state index contributed by atoms with van der Waals surface area (Å²) in [5.41, 5.74) is 0. The normalized spacial score (nSPS) is 25.5. The van der Waals surface area contributed by atoms with Crippen molar-refractivity contribution >= 4 is 11.9 Å². The number of aliphatic carboxylic acids is 1. The Morgan fingerprint density at radius 1 is 1.47 bits per heavy atom. The number of ether oxygens (including phenoxy) is 2. The number of carbonyl (C=O) groups is 2. The van der Waals surface area contributed by atoms with Crippen LogP contribution in [0.3, 0.4) is 0 Å². The van der Waals surface area contributed by atoms with E-state index in [1.165, 1.54) is 0 Å². The third-order valence-corrected chi connectivity index (χ3v) is 2.60. The van der Waals surface area contributed by atoms with Crippen molar-refractivity contribution in [3.63, 3.8) is 0 Å². The Bertz CT molecular complexity index is 281. The summed E-state index contributed by atoms with van der Waals surface area (Å²) < 4.78 is 10.4. The number of amides is 1. The summed E-state index contributed by atoms with van der Waals surface area (Å²) in [6.07, 6.45) is -0.721. The molecule has 98 valence electrons. The summed E-state index contributed by atoms with van der Waals surface area (Å²) in [5, 5.41) is 11.4. The minimum atomic E-state index is -1.01. The fraction of sp³-hybridized carbons (Fsp3) is 0.818. The molecule has 0 bridgehead atoms. The van der Waals surface area contributed by atoms with Crippen molar-refractivity contribution in [2.45, 2.75) is 45.0 Å². The van der Waals surface area contributed by atoms with E-state index in [1.54, 1.807) is 0 Å². The van der Waals surface area contributed by atoms with Gasteiger partial charge in [-0.05, 0) is 26.7 Å². The number of hydrogen-bond acceptors (Lipinski definition) is 4. The van der Waals surface area contributed by atoms with Gasteiger partial charge in [-0.15, -0.1) is 0 Å². The third-order valence-electron chi connectivity index (χ3n) is 2.60. The maximum atomic E-state index is 11.6. The molecule has 0 spiro atoms. The molecule has 0 aromatic rings. The van der Waals surface area contributed by atoms with Crippen LogP contribution < -0.4 is 5.32 Å². The topological polar surface area (TPSA) is 84.9 Å². The van der Waals surface area contributed by atoms with Crippen LogP contribution in [0.5, 0.6) is 0 Å². The maximum absolute atomic E-state index is 11.6. The van der Waals surface area contributed by atoms with Crippen molar-refractivity contribution in [2.24, 2.45) is 0 Å². The number of carbonyl (C=O) groups excluding carboxylic acids is 1. The van der Waals surface area contributed by atoms with Crippen molar-refractivity contribution in [1.82, 2.24) is 5.32 Å². The smallest absolute Gasteiger partial charge is 0.332 e. The van der Waals surface area contributed by atoms with E-state index in [9.17, 15) is 9.59 Å². The lowest BCUT2D eigenvalue weighted by atomic mass is 10.2. The molecule has 1 amide bonds. The first kappa shape index (κ1) is 13.9. The minimum absolute atomic E-state index is 0.0550. The van der Waals surface area contributed by atoms with Gasteiger partial charge < -0.3 is 19.9 Å². The van der Waals surface area contributed by atoms with Crippen molar-refractivity contribution in [1.29, 1.82) is 0 Å². The second kappa shape index (κ2) is 6.56. The number of carboxylic acid groups (broad SMARTS) is 1. The van der Waals surface area contributed by atoms with Crippen LogP contribution in [0.2, 0.25) is 0 Å². The molecule has 1 heterocycles. The standard InChI is InChI=1S/C11H19NO5/c1-3-16-7(2)6-12-10(13)8-4-5-9(17-8)11(14)15/h7-9H,3-6H2,1-2H3,(H,12,13)(H,14,15)/t7?,8-,9+/m0/s1. The van der Waals surface area contributed by atoms with E-state index in [2.05, 4.69) is 5.32 Å². The quantitative estimate of drug-likeness (QED) is 0.696. The van der Waals surface area contributed by atoms with Gasteiger partial charge in [-0.2, -0.15) is 0 Å². The molecule has 0 aromatic heterocycles. The monoisotopic (exact) mass is 245 g/mol. The van der Waals surface area contributed by atoms with Gasteiger partial charge >= 0.3 is 5.97 Å². The maximum Gasteiger partial charge on any atom is 0.332 e. The molecule has 6 heteroatoms. The van der Waals surface area contributed by atoms with Gasteiger partial charge in [0.15, 0.2) is 6.10 Å². The molecular formula is C11H19NO5. The van der Waals surface area contributed by atoms with Crippen LogP contribution in [0, 0.1) is 0 Å². The van der Waals surface area contributed by atoms with Crippen LogP contribution >= 0.6 is 0 Å². The second-order valence-corrected chi connectivity index (χ2v) is 4.04. The van der Waals surface area contributed by atoms with E-state index in [4.69, 9.17) is 14.6 Å². The van der Waals surface area contributed by atoms with Crippen LogP contribution in [0.15, 0.2) is 0 Å². The van der Waals surface area contributed by atoms with Gasteiger partial charge in [0.25, 0.3) is 0 Å². The molecule has 17 heavy (non-hydrogen) atoms. The first-order chi connectivity index (χ1) is 8.04. The molecule has 0 aromatic carbocycles. The lowest BCUT2D eigenvalue weighted by Gasteiger charge is -2.15. The molecule has 3 atom stereocenters. The van der Waals surface area contributed by atoms with Gasteiger partial charge in [0, 0.05) is 13.2 Å². The zero-order valence-electron chi connectivity index (χ0n) is 10.1. The Hall–Kier alpha value is -1.14. The number of rotatable bonds is 6. The van der Waals surface area contributed by atoms with Crippen LogP contribution in [-0.2, 0) is 19.1 Å².